The smallest absolute Gasteiger partial charge is 0.312 e. The van der Waals surface area contributed by atoms with E-state index in [0.717, 1.165) is 15.9 Å². The van der Waals surface area contributed by atoms with Crippen molar-refractivity contribution in [3.8, 4) is 0 Å². The highest BCUT2D eigenvalue weighted by Gasteiger charge is 1.99. The molecule has 5 nitrogen and oxygen atoms in total. The van der Waals surface area contributed by atoms with Crippen molar-refractivity contribution in [3.63, 3.8) is 0 Å². The number of primary amides is 1. The van der Waals surface area contributed by atoms with Crippen LogP contribution in [0.5, 0.6) is 0 Å². The minimum absolute atomic E-state index is 0.479. The number of nitrogens with one attached hydrogen (secondary N) is 2. The van der Waals surface area contributed by atoms with E-state index in [9.17, 15) is 4.79 Å². The standard InChI is InChI=1S/C9H13BrN4O/c1-6-4-7(10)5-14-8(6)12-2-3-13-9(11)15/h4-5H,2-3H2,1H3,(H,12,14)(H3,11,13,15). The summed E-state index contributed by atoms with van der Waals surface area (Å²) < 4.78 is 0.945. The molecule has 0 aliphatic rings. The van der Waals surface area contributed by atoms with Gasteiger partial charge in [0.2, 0.25) is 0 Å². The van der Waals surface area contributed by atoms with Gasteiger partial charge < -0.3 is 16.4 Å². The first-order valence-electron chi connectivity index (χ1n) is 4.49. The Bertz CT molecular complexity index is 356. The predicted molar refractivity (Wildman–Crippen MR) is 62.7 cm³/mol. The molecule has 0 spiro atoms. The molecule has 0 aromatic carbocycles. The summed E-state index contributed by atoms with van der Waals surface area (Å²) in [4.78, 5) is 14.6. The van der Waals surface area contributed by atoms with Gasteiger partial charge in [0.1, 0.15) is 5.82 Å². The monoisotopic (exact) mass is 272 g/mol. The second kappa shape index (κ2) is 5.55. The number of hydrogen-bond acceptors (Lipinski definition) is 3. The van der Waals surface area contributed by atoms with E-state index in [1.807, 2.05) is 13.0 Å². The normalized spacial score (nSPS) is 9.73. The quantitative estimate of drug-likeness (QED) is 0.722. The minimum atomic E-state index is -0.516. The Labute approximate surface area is 96.6 Å². The summed E-state index contributed by atoms with van der Waals surface area (Å²) in [6.45, 7) is 3.03. The summed E-state index contributed by atoms with van der Waals surface area (Å²) in [6.07, 6.45) is 1.72. The van der Waals surface area contributed by atoms with E-state index in [-0.39, 0.29) is 0 Å². The van der Waals surface area contributed by atoms with Crippen molar-refractivity contribution in [2.24, 2.45) is 5.73 Å². The highest BCUT2D eigenvalue weighted by Crippen LogP contribution is 2.16. The number of urea groups is 1. The molecule has 2 amide bonds. The number of halogens is 1. The first-order chi connectivity index (χ1) is 7.09. The maximum Gasteiger partial charge on any atom is 0.312 e. The van der Waals surface area contributed by atoms with E-state index < -0.39 is 6.03 Å². The largest absolute Gasteiger partial charge is 0.368 e. The summed E-state index contributed by atoms with van der Waals surface area (Å²) in [6, 6.07) is 1.45. The zero-order chi connectivity index (χ0) is 11.3. The first kappa shape index (κ1) is 11.8. The van der Waals surface area contributed by atoms with E-state index in [1.54, 1.807) is 6.20 Å². The first-order valence-corrected chi connectivity index (χ1v) is 5.28. The molecular formula is C9H13BrN4O. The Morgan fingerprint density at radius 2 is 2.33 bits per heavy atom. The van der Waals surface area contributed by atoms with Gasteiger partial charge in [-0.15, -0.1) is 0 Å². The molecule has 0 saturated carbocycles. The number of nitrogens with two attached hydrogens (primary N) is 1. The number of amides is 2. The average Bonchev–Trinajstić information content (AvgIpc) is 2.14. The SMILES string of the molecule is Cc1cc(Br)cnc1NCCNC(N)=O. The van der Waals surface area contributed by atoms with Gasteiger partial charge in [-0.3, -0.25) is 0 Å². The van der Waals surface area contributed by atoms with E-state index in [4.69, 9.17) is 5.73 Å². The molecule has 0 unspecified atom stereocenters. The predicted octanol–water partition coefficient (Wildman–Crippen LogP) is 1.23. The Hall–Kier alpha value is -1.30. The highest BCUT2D eigenvalue weighted by molar-refractivity contribution is 9.10. The van der Waals surface area contributed by atoms with Gasteiger partial charge in [0.15, 0.2) is 0 Å². The molecule has 0 radical (unpaired) electrons. The molecule has 1 rings (SSSR count). The van der Waals surface area contributed by atoms with Crippen LogP contribution in [0, 0.1) is 6.92 Å². The molecule has 0 atom stereocenters. The third-order valence-electron chi connectivity index (χ3n) is 1.76. The zero-order valence-corrected chi connectivity index (χ0v) is 9.97. The summed E-state index contributed by atoms with van der Waals surface area (Å²) in [5.74, 6) is 0.810. The number of pyridine rings is 1. The lowest BCUT2D eigenvalue weighted by atomic mass is 10.3. The van der Waals surface area contributed by atoms with Crippen LogP contribution in [0.4, 0.5) is 10.6 Å². The van der Waals surface area contributed by atoms with Gasteiger partial charge in [0, 0.05) is 23.8 Å². The molecule has 0 fully saturated rings. The Balaban J connectivity index is 2.40. The van der Waals surface area contributed by atoms with Gasteiger partial charge in [0.05, 0.1) is 0 Å². The topological polar surface area (TPSA) is 80.0 Å². The molecule has 0 bridgehead atoms. The summed E-state index contributed by atoms with van der Waals surface area (Å²) in [5, 5.41) is 5.58. The molecular weight excluding hydrogens is 260 g/mol. The zero-order valence-electron chi connectivity index (χ0n) is 8.38. The summed E-state index contributed by atoms with van der Waals surface area (Å²) >= 11 is 3.33. The van der Waals surface area contributed by atoms with Gasteiger partial charge in [-0.2, -0.15) is 0 Å². The van der Waals surface area contributed by atoms with Gasteiger partial charge >= 0.3 is 6.03 Å². The van der Waals surface area contributed by atoms with Gasteiger partial charge in [0.25, 0.3) is 0 Å². The van der Waals surface area contributed by atoms with Crippen LogP contribution in [0.1, 0.15) is 5.56 Å². The molecule has 1 aromatic rings. The average molecular weight is 273 g/mol. The lowest BCUT2D eigenvalue weighted by Gasteiger charge is -2.08. The number of aromatic nitrogens is 1. The van der Waals surface area contributed by atoms with Crippen LogP contribution in [-0.2, 0) is 0 Å². The Kier molecular flexibility index (Phi) is 4.36. The third-order valence-corrected chi connectivity index (χ3v) is 2.20. The van der Waals surface area contributed by atoms with E-state index in [0.29, 0.717) is 13.1 Å². The van der Waals surface area contributed by atoms with Crippen LogP contribution in [0.3, 0.4) is 0 Å². The summed E-state index contributed by atoms with van der Waals surface area (Å²) in [7, 11) is 0. The number of hydrogen-bond donors (Lipinski definition) is 3. The van der Waals surface area contributed by atoms with Crippen molar-refractivity contribution in [1.29, 1.82) is 0 Å². The maximum atomic E-state index is 10.4. The van der Waals surface area contributed by atoms with Gasteiger partial charge in [-0.1, -0.05) is 0 Å². The van der Waals surface area contributed by atoms with Crippen molar-refractivity contribution >= 4 is 27.8 Å². The van der Waals surface area contributed by atoms with Crippen LogP contribution < -0.4 is 16.4 Å². The lowest BCUT2D eigenvalue weighted by Crippen LogP contribution is -2.33. The van der Waals surface area contributed by atoms with Crippen molar-refractivity contribution in [1.82, 2.24) is 10.3 Å². The van der Waals surface area contributed by atoms with Crippen LogP contribution >= 0.6 is 15.9 Å². The third kappa shape index (κ3) is 4.16. The Morgan fingerprint density at radius 3 is 2.93 bits per heavy atom. The number of carbonyl (C=O) groups is 1. The number of carbonyl (C=O) groups excluding carboxylic acids is 1. The van der Waals surface area contributed by atoms with Crippen LogP contribution in [0.25, 0.3) is 0 Å². The molecule has 15 heavy (non-hydrogen) atoms. The maximum absolute atomic E-state index is 10.4. The molecule has 1 aromatic heterocycles. The number of aryl methyl sites for hydroxylation is 1. The Morgan fingerprint density at radius 1 is 1.60 bits per heavy atom. The lowest BCUT2D eigenvalue weighted by molar-refractivity contribution is 0.249. The van der Waals surface area contributed by atoms with Gasteiger partial charge in [-0.05, 0) is 34.5 Å². The van der Waals surface area contributed by atoms with Crippen molar-refractivity contribution in [2.45, 2.75) is 6.92 Å². The van der Waals surface area contributed by atoms with Crippen LogP contribution in [0.15, 0.2) is 16.7 Å². The minimum Gasteiger partial charge on any atom is -0.368 e. The molecule has 0 aliphatic heterocycles. The summed E-state index contributed by atoms with van der Waals surface area (Å²) in [5.41, 5.74) is 5.97. The molecule has 6 heteroatoms. The molecule has 4 N–H and O–H groups in total. The molecule has 0 saturated heterocycles. The van der Waals surface area contributed by atoms with Crippen LogP contribution in [-0.4, -0.2) is 24.1 Å². The van der Waals surface area contributed by atoms with Crippen molar-refractivity contribution < 1.29 is 4.79 Å². The second-order valence-corrected chi connectivity index (χ2v) is 3.95. The molecule has 0 aliphatic carbocycles. The highest BCUT2D eigenvalue weighted by atomic mass is 79.9. The fourth-order valence-corrected chi connectivity index (χ4v) is 1.54. The second-order valence-electron chi connectivity index (χ2n) is 3.04. The van der Waals surface area contributed by atoms with E-state index >= 15 is 0 Å². The van der Waals surface area contributed by atoms with E-state index in [2.05, 4.69) is 31.5 Å². The fourth-order valence-electron chi connectivity index (χ4n) is 1.09. The molecule has 1 heterocycles. The number of nitrogens with zero attached hydrogens (tertiary/aromatic N) is 1. The van der Waals surface area contributed by atoms with E-state index in [1.165, 1.54) is 0 Å². The van der Waals surface area contributed by atoms with Crippen LogP contribution in [0.2, 0.25) is 0 Å². The molecule has 82 valence electrons. The number of anilines is 1. The van der Waals surface area contributed by atoms with Crippen molar-refractivity contribution in [2.75, 3.05) is 18.4 Å². The fraction of sp³-hybridized carbons (Fsp3) is 0.333. The van der Waals surface area contributed by atoms with Crippen molar-refractivity contribution in [3.05, 3.63) is 22.3 Å². The van der Waals surface area contributed by atoms with Gasteiger partial charge in [-0.25, -0.2) is 9.78 Å². The number of rotatable bonds is 4.